The number of nitrogens with one attached hydrogen (secondary N) is 1. The van der Waals surface area contributed by atoms with Crippen LogP contribution in [0.25, 0.3) is 0 Å². The summed E-state index contributed by atoms with van der Waals surface area (Å²) < 4.78 is 72.8. The molecule has 1 aromatic rings. The number of hydrogen-bond donors (Lipinski definition) is 2. The molecule has 0 saturated heterocycles. The Labute approximate surface area is 89.0 Å². The van der Waals surface area contributed by atoms with Crippen molar-refractivity contribution in [1.29, 1.82) is 0 Å². The average molecular weight is 266 g/mol. The van der Waals surface area contributed by atoms with E-state index in [2.05, 4.69) is 17.3 Å². The molecule has 0 radical (unpaired) electrons. The topological polar surface area (TPSA) is 59.6 Å². The first-order chi connectivity index (χ1) is 7.05. The second kappa shape index (κ2) is 3.64. The Balaban J connectivity index is 3.34. The van der Waals surface area contributed by atoms with Gasteiger partial charge in [0.05, 0.1) is 0 Å². The average Bonchev–Trinajstić information content (AvgIpc) is 2.31. The highest BCUT2D eigenvalue weighted by atomic mass is 32.1. The summed E-state index contributed by atoms with van der Waals surface area (Å²) in [7, 11) is 0. The van der Waals surface area contributed by atoms with Gasteiger partial charge in [0, 0.05) is 0 Å². The highest BCUT2D eigenvalue weighted by molar-refractivity contribution is 7.71. The van der Waals surface area contributed by atoms with Gasteiger partial charge in [0.1, 0.15) is 0 Å². The van der Waals surface area contributed by atoms with Gasteiger partial charge >= 0.3 is 12.4 Å². The molecule has 16 heavy (non-hydrogen) atoms. The maximum atomic E-state index is 12.2. The zero-order valence-electron chi connectivity index (χ0n) is 7.23. The molecule has 0 unspecified atom stereocenters. The van der Waals surface area contributed by atoms with Crippen LogP contribution in [0.2, 0.25) is 0 Å². The molecule has 0 aromatic carbocycles. The Kier molecular flexibility index (Phi) is 2.92. The quantitative estimate of drug-likeness (QED) is 0.463. The van der Waals surface area contributed by atoms with Crippen molar-refractivity contribution in [3.63, 3.8) is 0 Å². The van der Waals surface area contributed by atoms with Crippen LogP contribution >= 0.6 is 12.2 Å². The van der Waals surface area contributed by atoms with Gasteiger partial charge in [-0.25, -0.2) is 4.68 Å². The van der Waals surface area contributed by atoms with Crippen LogP contribution in [0.15, 0.2) is 0 Å². The van der Waals surface area contributed by atoms with Crippen LogP contribution in [0.3, 0.4) is 0 Å². The van der Waals surface area contributed by atoms with Gasteiger partial charge in [-0.15, -0.1) is 0 Å². The van der Waals surface area contributed by atoms with Crippen molar-refractivity contribution >= 4 is 12.2 Å². The zero-order valence-corrected chi connectivity index (χ0v) is 8.04. The van der Waals surface area contributed by atoms with Gasteiger partial charge in [0.25, 0.3) is 0 Å². The Morgan fingerprint density at radius 3 is 1.88 bits per heavy atom. The molecule has 92 valence electrons. The van der Waals surface area contributed by atoms with Crippen LogP contribution in [-0.2, 0) is 0 Å². The van der Waals surface area contributed by atoms with Gasteiger partial charge in [-0.2, -0.15) is 31.4 Å². The van der Waals surface area contributed by atoms with Crippen LogP contribution in [0.4, 0.5) is 26.3 Å². The van der Waals surface area contributed by atoms with Crippen LogP contribution < -0.4 is 5.84 Å². The minimum Gasteiger partial charge on any atom is -0.335 e. The largest absolute Gasteiger partial charge is 0.407 e. The summed E-state index contributed by atoms with van der Waals surface area (Å²) in [6.45, 7) is 0. The molecule has 0 aliphatic heterocycles. The molecule has 0 fully saturated rings. The molecule has 0 spiro atoms. The number of nitrogen functional groups attached to an aromatic ring is 1. The molecule has 0 aliphatic carbocycles. The summed E-state index contributed by atoms with van der Waals surface area (Å²) in [5, 5.41) is 4.58. The minimum absolute atomic E-state index is 0.0426. The van der Waals surface area contributed by atoms with E-state index in [9.17, 15) is 26.3 Å². The van der Waals surface area contributed by atoms with E-state index in [-0.39, 0.29) is 4.68 Å². The number of H-pyrrole nitrogens is 1. The first kappa shape index (κ1) is 12.8. The molecule has 1 heterocycles. The maximum absolute atomic E-state index is 12.2. The minimum atomic E-state index is -5.55. The first-order valence-corrected chi connectivity index (χ1v) is 4.01. The summed E-state index contributed by atoms with van der Waals surface area (Å²) in [5.41, 5.74) is 0. The monoisotopic (exact) mass is 266 g/mol. The number of nitrogens with zero attached hydrogens (tertiary/aromatic N) is 2. The van der Waals surface area contributed by atoms with Gasteiger partial charge in [-0.05, 0) is 12.2 Å². The fourth-order valence-electron chi connectivity index (χ4n) is 0.999. The van der Waals surface area contributed by atoms with Gasteiger partial charge in [-0.1, -0.05) is 0 Å². The second-order valence-electron chi connectivity index (χ2n) is 2.77. The summed E-state index contributed by atoms with van der Waals surface area (Å²) >= 11 is 4.32. The van der Waals surface area contributed by atoms with Gasteiger partial charge < -0.3 is 5.84 Å². The Morgan fingerprint density at radius 2 is 1.62 bits per heavy atom. The van der Waals surface area contributed by atoms with Gasteiger partial charge in [0.15, 0.2) is 5.82 Å². The molecular weight excluding hydrogens is 262 g/mol. The molecule has 0 atom stereocenters. The van der Waals surface area contributed by atoms with E-state index in [0.717, 1.165) is 0 Å². The molecule has 0 amide bonds. The van der Waals surface area contributed by atoms with E-state index in [0.29, 0.717) is 0 Å². The molecule has 11 heteroatoms. The molecule has 4 nitrogen and oxygen atoms in total. The number of hydrogen-bond acceptors (Lipinski definition) is 3. The van der Waals surface area contributed by atoms with Crippen LogP contribution in [-0.4, -0.2) is 27.2 Å². The number of aromatic amines is 1. The Morgan fingerprint density at radius 1 is 1.19 bits per heavy atom. The molecule has 1 aromatic heterocycles. The summed E-state index contributed by atoms with van der Waals surface area (Å²) in [6, 6.07) is 0. The summed E-state index contributed by atoms with van der Waals surface area (Å²) in [4.78, 5) is 0. The van der Waals surface area contributed by atoms with Crippen LogP contribution in [0, 0.1) is 4.77 Å². The molecule has 3 N–H and O–H groups in total. The lowest BCUT2D eigenvalue weighted by molar-refractivity contribution is -0.256. The summed E-state index contributed by atoms with van der Waals surface area (Å²) in [5.74, 6) is -0.276. The molecule has 1 rings (SSSR count). The lowest BCUT2D eigenvalue weighted by Crippen LogP contribution is -2.37. The lowest BCUT2D eigenvalue weighted by atomic mass is 10.1. The standard InChI is InChI=1S/C5H4F6N4S/c6-4(7,8)1(5(9,10)11)2-13-14-3(16)15(2)12/h1H,12H2,(H,14,16). The van der Waals surface area contributed by atoms with Gasteiger partial charge in [0.2, 0.25) is 10.7 Å². The number of halogens is 6. The number of rotatable bonds is 1. The fourth-order valence-corrected chi connectivity index (χ4v) is 1.14. The third kappa shape index (κ3) is 2.28. The molecular formula is C5H4F6N4S. The lowest BCUT2D eigenvalue weighted by Gasteiger charge is -2.21. The van der Waals surface area contributed by atoms with Crippen molar-refractivity contribution < 1.29 is 26.3 Å². The van der Waals surface area contributed by atoms with Crippen LogP contribution in [0.1, 0.15) is 11.7 Å². The van der Waals surface area contributed by atoms with Crippen molar-refractivity contribution in [1.82, 2.24) is 14.9 Å². The summed E-state index contributed by atoms with van der Waals surface area (Å²) in [6.07, 6.45) is -11.1. The third-order valence-electron chi connectivity index (χ3n) is 1.64. The molecule has 0 bridgehead atoms. The smallest absolute Gasteiger partial charge is 0.335 e. The van der Waals surface area contributed by atoms with Crippen molar-refractivity contribution in [2.24, 2.45) is 0 Å². The normalized spacial score (nSPS) is 13.4. The Bertz CT molecular complexity index is 413. The van der Waals surface area contributed by atoms with E-state index < -0.39 is 28.9 Å². The number of nitrogens with two attached hydrogens (primary N) is 1. The number of aromatic nitrogens is 3. The predicted molar refractivity (Wildman–Crippen MR) is 42.4 cm³/mol. The maximum Gasteiger partial charge on any atom is 0.407 e. The highest BCUT2D eigenvalue weighted by Crippen LogP contribution is 2.45. The van der Waals surface area contributed by atoms with Gasteiger partial charge in [-0.3, -0.25) is 5.10 Å². The van der Waals surface area contributed by atoms with E-state index in [1.807, 2.05) is 0 Å². The van der Waals surface area contributed by atoms with Crippen molar-refractivity contribution in [2.45, 2.75) is 18.3 Å². The van der Waals surface area contributed by atoms with Crippen LogP contribution in [0.5, 0.6) is 0 Å². The second-order valence-corrected chi connectivity index (χ2v) is 3.16. The fraction of sp³-hybridized carbons (Fsp3) is 0.600. The number of alkyl halides is 6. The van der Waals surface area contributed by atoms with Crippen molar-refractivity contribution in [2.75, 3.05) is 5.84 Å². The molecule has 0 saturated carbocycles. The predicted octanol–water partition coefficient (Wildman–Crippen LogP) is 1.86. The van der Waals surface area contributed by atoms with Crippen molar-refractivity contribution in [3.8, 4) is 0 Å². The first-order valence-electron chi connectivity index (χ1n) is 3.61. The Hall–Kier alpha value is -1.26. The highest BCUT2D eigenvalue weighted by Gasteiger charge is 2.60. The SMILES string of the molecule is Nn1c(C(C(F)(F)F)C(F)(F)F)n[nH]c1=S. The van der Waals surface area contributed by atoms with E-state index >= 15 is 0 Å². The van der Waals surface area contributed by atoms with E-state index in [4.69, 9.17) is 5.84 Å². The third-order valence-corrected chi connectivity index (χ3v) is 1.93. The van der Waals surface area contributed by atoms with Crippen molar-refractivity contribution in [3.05, 3.63) is 10.6 Å². The van der Waals surface area contributed by atoms with E-state index in [1.165, 1.54) is 0 Å². The molecule has 0 aliphatic rings. The zero-order chi connectivity index (χ0) is 12.7. The van der Waals surface area contributed by atoms with E-state index in [1.54, 1.807) is 5.10 Å².